The Balaban J connectivity index is 3.08. The normalized spacial score (nSPS) is 11.9. The van der Waals surface area contributed by atoms with Crippen molar-refractivity contribution in [1.29, 1.82) is 0 Å². The maximum absolute atomic E-state index is 11.5. The third-order valence-electron chi connectivity index (χ3n) is 2.10. The number of fused-ring (bicyclic) bond motifs is 1. The van der Waals surface area contributed by atoms with Crippen molar-refractivity contribution in [2.75, 3.05) is 0 Å². The molecule has 0 atom stereocenters. The van der Waals surface area contributed by atoms with Gasteiger partial charge in [0, 0.05) is 22.3 Å². The number of hydrogen-bond acceptors (Lipinski definition) is 3. The number of aromatic amines is 1. The highest BCUT2D eigenvalue weighted by Gasteiger charge is 2.16. The van der Waals surface area contributed by atoms with Crippen LogP contribution in [0.1, 0.15) is 0 Å². The van der Waals surface area contributed by atoms with E-state index in [1.165, 1.54) is 12.1 Å². The van der Waals surface area contributed by atoms with Crippen LogP contribution in [0, 0.1) is 0 Å². The van der Waals surface area contributed by atoms with Crippen molar-refractivity contribution in [3.63, 3.8) is 0 Å². The zero-order chi connectivity index (χ0) is 11.9. The first kappa shape index (κ1) is 11.4. The fourth-order valence-corrected chi connectivity index (χ4v) is 2.72. The van der Waals surface area contributed by atoms with E-state index in [1.54, 1.807) is 6.07 Å². The third kappa shape index (κ3) is 1.81. The zero-order valence-corrected chi connectivity index (χ0v) is 10.0. The third-order valence-corrected chi connectivity index (χ3v) is 3.78. The summed E-state index contributed by atoms with van der Waals surface area (Å²) in [4.78, 5) is 13.6. The average Bonchev–Trinajstić information content (AvgIpc) is 2.16. The summed E-state index contributed by atoms with van der Waals surface area (Å²) in [6, 6.07) is 4.53. The van der Waals surface area contributed by atoms with Crippen LogP contribution in [0.2, 0.25) is 5.02 Å². The molecule has 0 aliphatic carbocycles. The van der Waals surface area contributed by atoms with E-state index >= 15 is 0 Å². The van der Waals surface area contributed by atoms with E-state index in [0.717, 1.165) is 6.20 Å². The minimum absolute atomic E-state index is 0.117. The molecule has 0 spiro atoms. The number of rotatable bonds is 1. The van der Waals surface area contributed by atoms with Gasteiger partial charge in [-0.1, -0.05) is 23.7 Å². The molecule has 2 rings (SSSR count). The van der Waals surface area contributed by atoms with Crippen molar-refractivity contribution in [2.45, 2.75) is 4.90 Å². The van der Waals surface area contributed by atoms with Crippen LogP contribution in [0.4, 0.5) is 0 Å². The van der Waals surface area contributed by atoms with Gasteiger partial charge in [0.1, 0.15) is 4.90 Å². The molecule has 0 bridgehead atoms. The van der Waals surface area contributed by atoms with Crippen molar-refractivity contribution in [3.8, 4) is 0 Å². The van der Waals surface area contributed by atoms with Crippen LogP contribution in [-0.2, 0) is 9.05 Å². The van der Waals surface area contributed by atoms with Gasteiger partial charge in [0.2, 0.25) is 0 Å². The van der Waals surface area contributed by atoms with Gasteiger partial charge >= 0.3 is 0 Å². The van der Waals surface area contributed by atoms with Crippen molar-refractivity contribution in [3.05, 3.63) is 39.8 Å². The Labute approximate surface area is 100 Å². The molecule has 0 fully saturated rings. The van der Waals surface area contributed by atoms with Crippen LogP contribution >= 0.6 is 22.3 Å². The van der Waals surface area contributed by atoms with Gasteiger partial charge in [-0.05, 0) is 6.07 Å². The van der Waals surface area contributed by atoms with E-state index < -0.39 is 14.6 Å². The van der Waals surface area contributed by atoms with Crippen LogP contribution in [0.3, 0.4) is 0 Å². The van der Waals surface area contributed by atoms with E-state index in [1.807, 2.05) is 0 Å². The number of halogens is 2. The molecule has 1 heterocycles. The van der Waals surface area contributed by atoms with E-state index in [0.29, 0.717) is 0 Å². The molecule has 2 aromatic rings. The number of nitrogens with one attached hydrogen (secondary N) is 1. The zero-order valence-electron chi connectivity index (χ0n) is 7.70. The molecular weight excluding hydrogens is 273 g/mol. The molecule has 1 aromatic carbocycles. The van der Waals surface area contributed by atoms with Crippen molar-refractivity contribution >= 4 is 42.1 Å². The average molecular weight is 278 g/mol. The van der Waals surface area contributed by atoms with Crippen LogP contribution in [0.15, 0.2) is 34.1 Å². The molecule has 0 unspecified atom stereocenters. The Kier molecular flexibility index (Phi) is 2.69. The lowest BCUT2D eigenvalue weighted by Crippen LogP contribution is -2.08. The van der Waals surface area contributed by atoms with Gasteiger partial charge in [0.15, 0.2) is 0 Å². The molecule has 0 amide bonds. The molecule has 16 heavy (non-hydrogen) atoms. The van der Waals surface area contributed by atoms with Gasteiger partial charge < -0.3 is 4.98 Å². The second-order valence-corrected chi connectivity index (χ2v) is 6.02. The summed E-state index contributed by atoms with van der Waals surface area (Å²) >= 11 is 5.83. The van der Waals surface area contributed by atoms with Crippen LogP contribution in [-0.4, -0.2) is 13.4 Å². The van der Waals surface area contributed by atoms with Gasteiger partial charge in [-0.15, -0.1) is 0 Å². The standard InChI is InChI=1S/C9H5Cl2NO3S/c10-6-3-1-2-5-7(16(11,14)15)4-12-9(13)8(5)6/h1-4H,(H,12,13). The minimum Gasteiger partial charge on any atom is -0.327 e. The van der Waals surface area contributed by atoms with Gasteiger partial charge in [0.25, 0.3) is 14.6 Å². The lowest BCUT2D eigenvalue weighted by atomic mass is 10.2. The van der Waals surface area contributed by atoms with E-state index in [4.69, 9.17) is 22.3 Å². The van der Waals surface area contributed by atoms with Gasteiger partial charge in [-0.3, -0.25) is 4.79 Å². The smallest absolute Gasteiger partial charge is 0.263 e. The molecule has 0 saturated carbocycles. The Bertz CT molecular complexity index is 721. The molecule has 0 aliphatic rings. The van der Waals surface area contributed by atoms with E-state index in [9.17, 15) is 13.2 Å². The second-order valence-electron chi connectivity index (χ2n) is 3.08. The quantitative estimate of drug-likeness (QED) is 0.812. The monoisotopic (exact) mass is 277 g/mol. The first-order valence-corrected chi connectivity index (χ1v) is 6.84. The van der Waals surface area contributed by atoms with Crippen LogP contribution in [0.25, 0.3) is 10.8 Å². The molecule has 0 aliphatic heterocycles. The van der Waals surface area contributed by atoms with Crippen molar-refractivity contribution < 1.29 is 8.42 Å². The summed E-state index contributed by atoms with van der Waals surface area (Å²) in [5.41, 5.74) is -0.454. The first-order valence-electron chi connectivity index (χ1n) is 4.16. The molecular formula is C9H5Cl2NO3S. The molecule has 1 aromatic heterocycles. The summed E-state index contributed by atoms with van der Waals surface area (Å²) in [6.07, 6.45) is 1.06. The topological polar surface area (TPSA) is 67.0 Å². The van der Waals surface area contributed by atoms with Crippen LogP contribution < -0.4 is 5.56 Å². The Hall–Kier alpha value is -1.04. The molecule has 1 N–H and O–H groups in total. The van der Waals surface area contributed by atoms with Crippen LogP contribution in [0.5, 0.6) is 0 Å². The maximum atomic E-state index is 11.5. The summed E-state index contributed by atoms with van der Waals surface area (Å²) in [7, 11) is 1.33. The number of benzene rings is 1. The number of hydrogen-bond donors (Lipinski definition) is 1. The van der Waals surface area contributed by atoms with Gasteiger partial charge in [-0.25, -0.2) is 8.42 Å². The maximum Gasteiger partial charge on any atom is 0.263 e. The molecule has 4 nitrogen and oxygen atoms in total. The lowest BCUT2D eigenvalue weighted by Gasteiger charge is -2.03. The predicted octanol–water partition coefficient (Wildman–Crippen LogP) is 2.11. The van der Waals surface area contributed by atoms with Crippen molar-refractivity contribution in [2.24, 2.45) is 0 Å². The fourth-order valence-electron chi connectivity index (χ4n) is 1.44. The number of aromatic nitrogens is 1. The van der Waals surface area contributed by atoms with Crippen molar-refractivity contribution in [1.82, 2.24) is 4.98 Å². The fraction of sp³-hybridized carbons (Fsp3) is 0. The largest absolute Gasteiger partial charge is 0.327 e. The Morgan fingerprint density at radius 3 is 2.56 bits per heavy atom. The summed E-state index contributed by atoms with van der Waals surface area (Å²) in [5.74, 6) is 0. The summed E-state index contributed by atoms with van der Waals surface area (Å²) in [5, 5.41) is 0.512. The SMILES string of the molecule is O=c1[nH]cc(S(=O)(=O)Cl)c2cccc(Cl)c12. The first-order chi connectivity index (χ1) is 7.41. The highest BCUT2D eigenvalue weighted by atomic mass is 35.7. The predicted molar refractivity (Wildman–Crippen MR) is 62.6 cm³/mol. The number of pyridine rings is 1. The second kappa shape index (κ2) is 3.76. The molecule has 0 saturated heterocycles. The molecule has 7 heteroatoms. The molecule has 0 radical (unpaired) electrons. The highest BCUT2D eigenvalue weighted by Crippen LogP contribution is 2.26. The molecule has 84 valence electrons. The summed E-state index contributed by atoms with van der Waals surface area (Å²) < 4.78 is 22.5. The van der Waals surface area contributed by atoms with Gasteiger partial charge in [0.05, 0.1) is 10.4 Å². The highest BCUT2D eigenvalue weighted by molar-refractivity contribution is 8.14. The lowest BCUT2D eigenvalue weighted by molar-refractivity contribution is 0.610. The minimum atomic E-state index is -3.92. The van der Waals surface area contributed by atoms with Gasteiger partial charge in [-0.2, -0.15) is 0 Å². The van der Waals surface area contributed by atoms with E-state index in [2.05, 4.69) is 4.98 Å². The Morgan fingerprint density at radius 1 is 1.25 bits per heavy atom. The summed E-state index contributed by atoms with van der Waals surface area (Å²) in [6.45, 7) is 0. The van der Waals surface area contributed by atoms with E-state index in [-0.39, 0.29) is 20.7 Å². The number of H-pyrrole nitrogens is 1. The Morgan fingerprint density at radius 2 is 1.94 bits per heavy atom.